The lowest BCUT2D eigenvalue weighted by molar-refractivity contribution is -0.159. The Morgan fingerprint density at radius 3 is 1.29 bits per heavy atom. The Kier molecular flexibility index (Phi) is 45.8. The van der Waals surface area contributed by atoms with E-state index in [0.29, 0.717) is 25.1 Å². The van der Waals surface area contributed by atoms with Gasteiger partial charge in [-0.1, -0.05) is 98.1 Å². The second-order valence-corrected chi connectivity index (χ2v) is 50.3. The predicted molar refractivity (Wildman–Crippen MR) is 534 cm³/mol. The summed E-state index contributed by atoms with van der Waals surface area (Å²) in [5.74, 6) is -2.09. The summed E-state index contributed by atoms with van der Waals surface area (Å²) in [4.78, 5) is 204. The molecule has 67 heteroatoms. The quantitative estimate of drug-likeness (QED) is 0.00829. The highest BCUT2D eigenvalue weighted by atomic mass is 33.1. The van der Waals surface area contributed by atoms with Crippen molar-refractivity contribution in [2.75, 3.05) is 80.6 Å². The van der Waals surface area contributed by atoms with E-state index in [4.69, 9.17) is 98.7 Å². The summed E-state index contributed by atoms with van der Waals surface area (Å²) >= 11 is 0. The smallest absolute Gasteiger partial charge is 0.455 e. The molecule has 0 aliphatic carbocycles. The van der Waals surface area contributed by atoms with Crippen LogP contribution in [0.1, 0.15) is 187 Å². The Labute approximate surface area is 869 Å². The normalized spacial score (nSPS) is 22.8. The molecular weight excluding hydrogens is 2140 g/mol. The first kappa shape index (κ1) is 125. The van der Waals surface area contributed by atoms with E-state index in [9.17, 15) is 96.3 Å². The van der Waals surface area contributed by atoms with Crippen molar-refractivity contribution in [1.82, 2.24) is 84.7 Å². The highest BCUT2D eigenvalue weighted by Gasteiger charge is 2.53. The van der Waals surface area contributed by atoms with Crippen LogP contribution in [-0.2, 0) is 107 Å². The molecular formula is C82H130N22O37P4S4. The number of nitrogen functional groups attached to an aromatic ring is 4. The maximum Gasteiger partial charge on any atom is 0.472 e. The molecule has 0 spiro atoms. The number of aliphatic hydroxyl groups is 3. The van der Waals surface area contributed by atoms with Crippen molar-refractivity contribution in [2.24, 2.45) is 5.92 Å². The van der Waals surface area contributed by atoms with E-state index in [0.717, 1.165) is 21.9 Å². The summed E-state index contributed by atoms with van der Waals surface area (Å²) in [6, 6.07) is 1.18. The summed E-state index contributed by atoms with van der Waals surface area (Å²) < 4.78 is 134. The van der Waals surface area contributed by atoms with Gasteiger partial charge in [-0.2, -0.15) is 15.2 Å². The Morgan fingerprint density at radius 1 is 0.503 bits per heavy atom. The van der Waals surface area contributed by atoms with Gasteiger partial charge in [0.15, 0.2) is 48.1 Å². The number of rotatable bonds is 45. The molecule has 4 aliphatic heterocycles. The van der Waals surface area contributed by atoms with E-state index in [1.165, 1.54) is 85.0 Å². The summed E-state index contributed by atoms with van der Waals surface area (Å²) in [5, 5.41) is 54.8. The second-order valence-electron chi connectivity index (χ2n) is 38.7. The van der Waals surface area contributed by atoms with Gasteiger partial charge >= 0.3 is 72.9 Å². The number of aliphatic hydroxyl groups excluding tert-OH is 3. The first-order chi connectivity index (χ1) is 69.1. The number of nitriles is 1. The number of ether oxygens (including phenoxy) is 9. The molecule has 10 rings (SSSR count). The van der Waals surface area contributed by atoms with Crippen LogP contribution in [-0.4, -0.2) is 308 Å². The number of phosphoric ester groups is 4. The average molecular weight is 2270 g/mol. The lowest BCUT2D eigenvalue weighted by Gasteiger charge is -2.26. The SMILES string of the molecule is CC(C)(C)OC(=O)N[C@@H](CSSC(C)(C)C)C(=O)NCCCC[C@H](NC(=O)OC(C)(C)C)C(=O)O[C@H]1[C@@H](O)[C@H](n2cnc3c(N)ncnc32)O[C@@H]1COP(=O)(O)O[C@H]1C[C@H](n2ccc(N)nc2=O)O[C@@H]1COP(=O)(O)O.C[C@@H](CCCCNC(=O)[C@H](CSSC(C)(C)C)NC(=O)OC(C)(C)C)C(=O)OCC#N.Nc1ccn([C@H]2C[C@H](OP(=O)(O)OC[C@H]3O[C@@H](n4cnc5c(N)ncnc54)[C@H](O)[C@@H]3O)[C@@H](COP(=O)(O)O)O2)c(=O)n1. The largest absolute Gasteiger partial charge is 0.472 e. The van der Waals surface area contributed by atoms with Gasteiger partial charge in [-0.3, -0.25) is 59.8 Å². The Balaban J connectivity index is 0.000000309. The lowest BCUT2D eigenvalue weighted by atomic mass is 10.0. The van der Waals surface area contributed by atoms with Crippen LogP contribution in [0.15, 0.2) is 59.4 Å². The monoisotopic (exact) mass is 2270 g/mol. The minimum Gasteiger partial charge on any atom is -0.455 e. The molecule has 6 aromatic heterocycles. The number of alkyl carbamates (subject to hydrolysis) is 3. The van der Waals surface area contributed by atoms with E-state index in [2.05, 4.69) is 96.3 Å². The predicted octanol–water partition coefficient (Wildman–Crippen LogP) is 4.38. The maximum absolute atomic E-state index is 14.2. The van der Waals surface area contributed by atoms with Crippen LogP contribution in [0.25, 0.3) is 22.3 Å². The molecule has 4 aliphatic rings. The van der Waals surface area contributed by atoms with Crippen LogP contribution in [0.5, 0.6) is 0 Å². The molecule has 10 heterocycles. The molecule has 0 bridgehead atoms. The van der Waals surface area contributed by atoms with Crippen LogP contribution in [0, 0.1) is 17.2 Å². The van der Waals surface area contributed by atoms with Gasteiger partial charge < -0.3 is 137 Å². The summed E-state index contributed by atoms with van der Waals surface area (Å²) in [5.41, 5.74) is 19.3. The first-order valence-electron chi connectivity index (χ1n) is 46.0. The highest BCUT2D eigenvalue weighted by molar-refractivity contribution is 8.77. The molecule has 0 saturated carbocycles. The minimum absolute atomic E-state index is 0.0280. The zero-order valence-corrected chi connectivity index (χ0v) is 90.9. The van der Waals surface area contributed by atoms with Crippen molar-refractivity contribution in [2.45, 2.75) is 293 Å². The van der Waals surface area contributed by atoms with Gasteiger partial charge in [-0.05, 0) is 107 Å². The number of esters is 2. The number of hydrogen-bond acceptors (Lipinski definition) is 48. The van der Waals surface area contributed by atoms with E-state index in [1.54, 1.807) is 86.1 Å². The van der Waals surface area contributed by atoms with Gasteiger partial charge in [0.1, 0.15) is 144 Å². The van der Waals surface area contributed by atoms with E-state index >= 15 is 0 Å². The number of amides is 5. The minimum atomic E-state index is -5.30. The number of fused-ring (bicyclic) bond motifs is 2. The number of aromatic nitrogens is 12. The fourth-order valence-corrected chi connectivity index (χ4v) is 21.4. The standard InChI is InChI=1S/C42H67N11O19P2S2.C21H37N3O5S2.C19H26N8O13P2/c1-40(2,3)70-38(58)49-22(12-10-11-14-45-34(55)23(19-75-76-42(7,8)9)50-39(59)71-41(4,5)6)36(56)69-31-26(68-35(30(31)54)53-21-48-29-32(44)46-20-47-33(29)53)18-66-74(63,64)72-24-16-28(52-15-13-27(43)51-37(52)57)67-25(24)17-65-73(60,61)62;1-15(18(26)28-13-11-22)10-8-9-12-23-17(25)16(14-30-31-21(5,6)7)24-19(27)29-20(2,3)4;20-11-1-2-26(19(30)25-11)12-3-8(9(38-12)4-36-41(31,32)33)40-42(34,35)37-5-10-14(28)15(29)18(39-10)27-7-24-13-16(21)22-6-23-17(13)27/h13,15,20-26,28,30-31,35,54H,10-12,14,16-19H2,1-9H3,(H,45,55)(H,49,58)(H,50,59)(H,63,64)(H2,43,51,57)(H2,44,46,47)(H2,60,61,62);15-16H,8-10,12-14H2,1-7H3,(H,23,25)(H,24,27);1-2,6-10,12,14-15,18,28-29H,3-5H2,(H,34,35)(H2,20,25,30)(H2,21,22,23)(H2,31,32,33)/t22-,23-,24-,25+,26+,28+,30+,31+,35+;15-,16-;8-,9+,10+,12+,14+,15+,18+/m000/s1. The van der Waals surface area contributed by atoms with Crippen LogP contribution >= 0.6 is 74.5 Å². The third kappa shape index (κ3) is 41.6. The van der Waals surface area contributed by atoms with Crippen LogP contribution in [0.2, 0.25) is 0 Å². The molecule has 6 aromatic rings. The fraction of sp³-hybridized carbons (Fsp3) is 0.683. The summed E-state index contributed by atoms with van der Waals surface area (Å²) in [7, 11) is -14.3. The third-order valence-electron chi connectivity index (χ3n) is 20.4. The van der Waals surface area contributed by atoms with Crippen molar-refractivity contribution in [3.63, 3.8) is 0 Å². The van der Waals surface area contributed by atoms with E-state index < -0.39 is 220 Å². The second kappa shape index (κ2) is 54.6. The number of phosphoric acid groups is 4. The number of hydrogen-bond donors (Lipinski definition) is 18. The van der Waals surface area contributed by atoms with Crippen LogP contribution in [0.4, 0.5) is 37.7 Å². The lowest BCUT2D eigenvalue weighted by Crippen LogP contribution is -2.49. The number of imidazole rings is 2. The first-order valence-corrected chi connectivity index (χ1v) is 56.7. The zero-order valence-electron chi connectivity index (χ0n) is 84.0. The van der Waals surface area contributed by atoms with E-state index in [-0.39, 0.29) is 124 Å². The number of nitrogens with one attached hydrogen (secondary N) is 5. The molecule has 149 heavy (non-hydrogen) atoms. The number of unbranched alkanes of at least 4 members (excludes halogenated alkanes) is 2. The van der Waals surface area contributed by atoms with Crippen molar-refractivity contribution < 1.29 is 166 Å². The fourth-order valence-electron chi connectivity index (χ4n) is 13.9. The third-order valence-corrected chi connectivity index (χ3v) is 30.1. The number of nitrogens with zero attached hydrogens (tertiary/aromatic N) is 13. The van der Waals surface area contributed by atoms with Gasteiger partial charge in [0.2, 0.25) is 11.8 Å². The topological polar surface area (TPSA) is 853 Å². The van der Waals surface area contributed by atoms with Gasteiger partial charge in [0.25, 0.3) is 0 Å². The van der Waals surface area contributed by atoms with Crippen LogP contribution in [0.3, 0.4) is 0 Å². The Bertz CT molecular complexity index is 5900. The Morgan fingerprint density at radius 2 is 0.893 bits per heavy atom. The molecule has 20 atom stereocenters. The molecule has 4 saturated heterocycles. The maximum atomic E-state index is 14.2. The molecule has 0 aromatic carbocycles. The number of carbonyl (C=O) groups excluding carboxylic acids is 7. The zero-order chi connectivity index (χ0) is 111. The molecule has 59 nitrogen and oxygen atoms in total. The highest BCUT2D eigenvalue weighted by Crippen LogP contribution is 2.53. The molecule has 0 radical (unpaired) electrons. The summed E-state index contributed by atoms with van der Waals surface area (Å²) in [6.07, 6.45) is -14.0. The van der Waals surface area contributed by atoms with E-state index in [1.807, 2.05) is 20.8 Å². The van der Waals surface area contributed by atoms with Crippen molar-refractivity contribution >= 4 is 162 Å². The number of carbonyl (C=O) groups is 7. The van der Waals surface area contributed by atoms with Crippen LogP contribution < -0.4 is 60.9 Å². The molecule has 22 N–H and O–H groups in total. The van der Waals surface area contributed by atoms with Gasteiger partial charge in [-0.15, -0.1) is 0 Å². The Hall–Kier alpha value is -9.20. The van der Waals surface area contributed by atoms with Gasteiger partial charge in [0.05, 0.1) is 45.0 Å². The number of anilines is 4. The van der Waals surface area contributed by atoms with Crippen molar-refractivity contribution in [1.29, 1.82) is 5.26 Å². The van der Waals surface area contributed by atoms with Crippen molar-refractivity contribution in [3.05, 3.63) is 70.8 Å². The number of nitrogens with two attached hydrogens (primary N) is 4. The average Bonchev–Trinajstić information content (AvgIpc) is 1.61. The molecule has 4 fully saturated rings. The van der Waals surface area contributed by atoms with Gasteiger partial charge in [0, 0.05) is 59.3 Å². The van der Waals surface area contributed by atoms with Crippen molar-refractivity contribution in [3.8, 4) is 6.07 Å². The molecule has 2 unspecified atom stereocenters. The molecule has 834 valence electrons. The summed E-state index contributed by atoms with van der Waals surface area (Å²) in [6.45, 7) is 26.1. The van der Waals surface area contributed by atoms with Gasteiger partial charge in [-0.25, -0.2) is 76.9 Å². The molecule has 5 amide bonds.